The van der Waals surface area contributed by atoms with Gasteiger partial charge in [0.25, 0.3) is 5.56 Å². The number of nitrogens with one attached hydrogen (secondary N) is 1. The zero-order valence-electron chi connectivity index (χ0n) is 14.4. The highest BCUT2D eigenvalue weighted by Gasteiger charge is 2.29. The average molecular weight is 332 g/mol. The second-order valence-corrected chi connectivity index (χ2v) is 6.51. The maximum Gasteiger partial charge on any atom is 0.253 e. The van der Waals surface area contributed by atoms with E-state index in [-0.39, 0.29) is 5.56 Å². The minimum atomic E-state index is -0.0486. The van der Waals surface area contributed by atoms with Gasteiger partial charge in [-0.2, -0.15) is 0 Å². The Hall–Kier alpha value is -3.08. The molecule has 0 unspecified atom stereocenters. The second kappa shape index (κ2) is 6.09. The Labute approximate surface area is 146 Å². The Morgan fingerprint density at radius 3 is 2.68 bits per heavy atom. The summed E-state index contributed by atoms with van der Waals surface area (Å²) in [6.07, 6.45) is 7.34. The van der Waals surface area contributed by atoms with Crippen LogP contribution in [0.2, 0.25) is 0 Å². The molecule has 1 aromatic carbocycles. The van der Waals surface area contributed by atoms with Crippen LogP contribution in [-0.2, 0) is 6.54 Å². The van der Waals surface area contributed by atoms with E-state index in [1.807, 2.05) is 0 Å². The van der Waals surface area contributed by atoms with Gasteiger partial charge in [0.2, 0.25) is 0 Å². The van der Waals surface area contributed by atoms with Gasteiger partial charge in [0.05, 0.1) is 24.3 Å². The number of nitrogens with zero attached hydrogens (tertiary/aromatic N) is 3. The van der Waals surface area contributed by atoms with Crippen LogP contribution in [0.1, 0.15) is 18.1 Å². The van der Waals surface area contributed by atoms with Gasteiger partial charge in [0.1, 0.15) is 5.82 Å². The number of allylic oxidation sites excluding steroid dienone is 3. The van der Waals surface area contributed by atoms with Crippen LogP contribution in [0.5, 0.6) is 0 Å². The van der Waals surface area contributed by atoms with E-state index in [0.29, 0.717) is 6.54 Å². The van der Waals surface area contributed by atoms with Gasteiger partial charge in [-0.05, 0) is 25.5 Å². The molecule has 0 radical (unpaired) electrons. The molecule has 5 heteroatoms. The molecule has 126 valence electrons. The molecule has 5 nitrogen and oxygen atoms in total. The fourth-order valence-corrected chi connectivity index (χ4v) is 3.17. The molecule has 1 N–H and O–H groups in total. The van der Waals surface area contributed by atoms with E-state index in [2.05, 4.69) is 65.5 Å². The van der Waals surface area contributed by atoms with E-state index in [4.69, 9.17) is 0 Å². The first-order chi connectivity index (χ1) is 12.1. The SMILES string of the molecule is CC1=CC=C2NC(c3ccc(C)cc3)=C(Cn3cnccc3=O)N2C1. The van der Waals surface area contributed by atoms with Crippen LogP contribution < -0.4 is 10.9 Å². The third-order valence-electron chi connectivity index (χ3n) is 4.54. The van der Waals surface area contributed by atoms with Crippen LogP contribution in [0.4, 0.5) is 0 Å². The summed E-state index contributed by atoms with van der Waals surface area (Å²) in [5, 5.41) is 3.53. The fraction of sp³-hybridized carbons (Fsp3) is 0.200. The number of hydrogen-bond donors (Lipinski definition) is 1. The van der Waals surface area contributed by atoms with Gasteiger partial charge < -0.3 is 10.2 Å². The van der Waals surface area contributed by atoms with Crippen molar-refractivity contribution in [2.75, 3.05) is 6.54 Å². The zero-order chi connectivity index (χ0) is 17.4. The molecule has 0 aliphatic carbocycles. The van der Waals surface area contributed by atoms with Gasteiger partial charge in [-0.3, -0.25) is 9.36 Å². The number of rotatable bonds is 3. The molecule has 2 aliphatic rings. The lowest BCUT2D eigenvalue weighted by atomic mass is 10.1. The van der Waals surface area contributed by atoms with Crippen molar-refractivity contribution in [2.24, 2.45) is 0 Å². The summed E-state index contributed by atoms with van der Waals surface area (Å²) in [5.74, 6) is 1.05. The minimum Gasteiger partial charge on any atom is -0.340 e. The van der Waals surface area contributed by atoms with E-state index in [9.17, 15) is 4.79 Å². The smallest absolute Gasteiger partial charge is 0.253 e. The first-order valence-corrected chi connectivity index (χ1v) is 8.34. The molecule has 0 fully saturated rings. The van der Waals surface area contributed by atoms with Crippen LogP contribution in [-0.4, -0.2) is 21.0 Å². The molecule has 4 rings (SSSR count). The minimum absolute atomic E-state index is 0.0486. The summed E-state index contributed by atoms with van der Waals surface area (Å²) in [4.78, 5) is 18.5. The standard InChI is InChI=1S/C20H20N4O/c1-14-3-6-16(7-4-14)20-17(12-23-13-21-10-9-19(23)25)24-11-15(2)5-8-18(24)22-20/h3-10,13,22H,11-12H2,1-2H3. The molecule has 25 heavy (non-hydrogen) atoms. The predicted octanol–water partition coefficient (Wildman–Crippen LogP) is 2.63. The molecule has 3 heterocycles. The lowest BCUT2D eigenvalue weighted by Crippen LogP contribution is -2.29. The third-order valence-corrected chi connectivity index (χ3v) is 4.54. The molecular formula is C20H20N4O. The van der Waals surface area contributed by atoms with Crippen molar-refractivity contribution in [2.45, 2.75) is 20.4 Å². The molecule has 0 amide bonds. The summed E-state index contributed by atoms with van der Waals surface area (Å²) < 4.78 is 1.64. The molecule has 2 aromatic rings. The molecule has 1 aromatic heterocycles. The highest BCUT2D eigenvalue weighted by atomic mass is 16.1. The highest BCUT2D eigenvalue weighted by molar-refractivity contribution is 5.72. The molecule has 0 spiro atoms. The number of aryl methyl sites for hydroxylation is 1. The molecule has 0 saturated heterocycles. The van der Waals surface area contributed by atoms with Gasteiger partial charge in [0.15, 0.2) is 0 Å². The largest absolute Gasteiger partial charge is 0.340 e. The molecule has 0 bridgehead atoms. The maximum absolute atomic E-state index is 12.2. The van der Waals surface area contributed by atoms with E-state index in [1.165, 1.54) is 23.4 Å². The van der Waals surface area contributed by atoms with Crippen LogP contribution in [0.25, 0.3) is 5.70 Å². The van der Waals surface area contributed by atoms with Crippen molar-refractivity contribution >= 4 is 5.70 Å². The Morgan fingerprint density at radius 2 is 1.92 bits per heavy atom. The predicted molar refractivity (Wildman–Crippen MR) is 98.3 cm³/mol. The first-order valence-electron chi connectivity index (χ1n) is 8.34. The Bertz CT molecular complexity index is 964. The van der Waals surface area contributed by atoms with Crippen molar-refractivity contribution in [3.05, 3.63) is 93.6 Å². The molecule has 2 aliphatic heterocycles. The molecule has 0 saturated carbocycles. The first kappa shape index (κ1) is 15.4. The van der Waals surface area contributed by atoms with Crippen LogP contribution in [0.3, 0.4) is 0 Å². The number of hydrogen-bond acceptors (Lipinski definition) is 4. The highest BCUT2D eigenvalue weighted by Crippen LogP contribution is 2.32. The van der Waals surface area contributed by atoms with Gasteiger partial charge in [-0.15, -0.1) is 0 Å². The normalized spacial score (nSPS) is 16.3. The summed E-state index contributed by atoms with van der Waals surface area (Å²) >= 11 is 0. The zero-order valence-corrected chi connectivity index (χ0v) is 14.4. The van der Waals surface area contributed by atoms with Gasteiger partial charge in [-0.25, -0.2) is 4.98 Å². The van der Waals surface area contributed by atoms with E-state index in [1.54, 1.807) is 10.9 Å². The monoisotopic (exact) mass is 332 g/mol. The van der Waals surface area contributed by atoms with Crippen molar-refractivity contribution in [3.8, 4) is 0 Å². The van der Waals surface area contributed by atoms with Crippen LogP contribution in [0, 0.1) is 6.92 Å². The van der Waals surface area contributed by atoms with Gasteiger partial charge >= 0.3 is 0 Å². The second-order valence-electron chi connectivity index (χ2n) is 6.51. The average Bonchev–Trinajstić information content (AvgIpc) is 2.95. The Morgan fingerprint density at radius 1 is 1.12 bits per heavy atom. The number of fused-ring (bicyclic) bond motifs is 1. The van der Waals surface area contributed by atoms with E-state index >= 15 is 0 Å². The summed E-state index contributed by atoms with van der Waals surface area (Å²) in [6.45, 7) is 5.49. The molecular weight excluding hydrogens is 312 g/mol. The number of benzene rings is 1. The van der Waals surface area contributed by atoms with Gasteiger partial charge in [0, 0.05) is 18.8 Å². The fourth-order valence-electron chi connectivity index (χ4n) is 3.17. The summed E-state index contributed by atoms with van der Waals surface area (Å²) in [5.41, 5.74) is 5.70. The van der Waals surface area contributed by atoms with Crippen molar-refractivity contribution < 1.29 is 0 Å². The van der Waals surface area contributed by atoms with Crippen molar-refractivity contribution in [3.63, 3.8) is 0 Å². The van der Waals surface area contributed by atoms with Crippen LogP contribution in [0.15, 0.2) is 76.9 Å². The van der Waals surface area contributed by atoms with Crippen molar-refractivity contribution in [1.29, 1.82) is 0 Å². The Kier molecular flexibility index (Phi) is 3.76. The van der Waals surface area contributed by atoms with E-state index in [0.717, 1.165) is 29.3 Å². The maximum atomic E-state index is 12.2. The third kappa shape index (κ3) is 2.89. The van der Waals surface area contributed by atoms with Crippen molar-refractivity contribution in [1.82, 2.24) is 19.8 Å². The topological polar surface area (TPSA) is 50.2 Å². The summed E-state index contributed by atoms with van der Waals surface area (Å²) in [7, 11) is 0. The van der Waals surface area contributed by atoms with Gasteiger partial charge in [-0.1, -0.05) is 41.5 Å². The lowest BCUT2D eigenvalue weighted by Gasteiger charge is -2.26. The quantitative estimate of drug-likeness (QED) is 0.939. The lowest BCUT2D eigenvalue weighted by molar-refractivity contribution is 0.432. The number of aromatic nitrogens is 2. The van der Waals surface area contributed by atoms with Crippen LogP contribution >= 0.6 is 0 Å². The molecule has 0 atom stereocenters. The Balaban J connectivity index is 1.80. The van der Waals surface area contributed by atoms with E-state index < -0.39 is 0 Å². The summed E-state index contributed by atoms with van der Waals surface area (Å²) in [6, 6.07) is 9.93.